The monoisotopic (exact) mass is 426 g/mol. The zero-order valence-electron chi connectivity index (χ0n) is 16.7. The number of aromatic nitrogens is 1. The number of amides is 1. The highest BCUT2D eigenvalue weighted by Gasteiger charge is 2.10. The van der Waals surface area contributed by atoms with Crippen molar-refractivity contribution in [3.05, 3.63) is 70.9 Å². The highest BCUT2D eigenvalue weighted by Crippen LogP contribution is 2.29. The van der Waals surface area contributed by atoms with Crippen molar-refractivity contribution in [3.63, 3.8) is 0 Å². The van der Waals surface area contributed by atoms with Gasteiger partial charge in [-0.3, -0.25) is 9.78 Å². The molecule has 1 aromatic heterocycles. The number of halogens is 1. The van der Waals surface area contributed by atoms with Crippen LogP contribution in [-0.4, -0.2) is 36.6 Å². The summed E-state index contributed by atoms with van der Waals surface area (Å²) in [5, 5.41) is 4.05. The molecule has 0 bridgehead atoms. The molecule has 1 heterocycles. The standard InChI is InChI=1S/C23H23ClN2O4/c1-16-4-6-17(7-5-16)8-11-21(27)25-13-14-29-22(28)15-30-20-10-9-19(24)18-3-2-12-26-23(18)20/h2-7,9-10,12H,8,11,13-15H2,1H3,(H,25,27). The fraction of sp³-hybridized carbons (Fsp3) is 0.261. The zero-order chi connectivity index (χ0) is 21.3. The predicted octanol–water partition coefficient (Wildman–Crippen LogP) is 3.87. The van der Waals surface area contributed by atoms with E-state index < -0.39 is 5.97 Å². The molecule has 0 radical (unpaired) electrons. The van der Waals surface area contributed by atoms with Gasteiger partial charge in [-0.05, 0) is 43.2 Å². The second-order valence-electron chi connectivity index (χ2n) is 6.79. The lowest BCUT2D eigenvalue weighted by Crippen LogP contribution is -2.29. The van der Waals surface area contributed by atoms with E-state index in [0.717, 1.165) is 10.9 Å². The third-order valence-electron chi connectivity index (χ3n) is 4.47. The van der Waals surface area contributed by atoms with E-state index in [9.17, 15) is 9.59 Å². The van der Waals surface area contributed by atoms with Crippen LogP contribution in [0.2, 0.25) is 5.02 Å². The number of hydrogen-bond acceptors (Lipinski definition) is 5. The molecular formula is C23H23ClN2O4. The molecule has 6 nitrogen and oxygen atoms in total. The van der Waals surface area contributed by atoms with Crippen molar-refractivity contribution in [2.45, 2.75) is 19.8 Å². The average Bonchev–Trinajstić information content (AvgIpc) is 2.76. The summed E-state index contributed by atoms with van der Waals surface area (Å²) in [5.74, 6) is -0.152. The predicted molar refractivity (Wildman–Crippen MR) is 116 cm³/mol. The van der Waals surface area contributed by atoms with Gasteiger partial charge in [0.1, 0.15) is 17.9 Å². The Morgan fingerprint density at radius 2 is 1.90 bits per heavy atom. The minimum absolute atomic E-state index is 0.0814. The largest absolute Gasteiger partial charge is 0.480 e. The lowest BCUT2D eigenvalue weighted by atomic mass is 10.1. The molecule has 0 aliphatic carbocycles. The van der Waals surface area contributed by atoms with E-state index in [-0.39, 0.29) is 25.7 Å². The Bertz CT molecular complexity index is 1020. The molecule has 1 N–H and O–H groups in total. The Morgan fingerprint density at radius 3 is 2.70 bits per heavy atom. The lowest BCUT2D eigenvalue weighted by molar-refractivity contribution is -0.146. The van der Waals surface area contributed by atoms with Crippen molar-refractivity contribution < 1.29 is 19.1 Å². The van der Waals surface area contributed by atoms with Gasteiger partial charge in [0.05, 0.1) is 11.6 Å². The van der Waals surface area contributed by atoms with Crippen LogP contribution >= 0.6 is 11.6 Å². The summed E-state index contributed by atoms with van der Waals surface area (Å²) in [6.45, 7) is 2.11. The molecule has 0 aliphatic rings. The van der Waals surface area contributed by atoms with Crippen LogP contribution in [0.4, 0.5) is 0 Å². The Balaban J connectivity index is 1.35. The van der Waals surface area contributed by atoms with E-state index in [1.165, 1.54) is 5.56 Å². The van der Waals surface area contributed by atoms with Gasteiger partial charge in [0.25, 0.3) is 0 Å². The van der Waals surface area contributed by atoms with Crippen LogP contribution in [0.5, 0.6) is 5.75 Å². The van der Waals surface area contributed by atoms with Crippen LogP contribution in [-0.2, 0) is 20.7 Å². The fourth-order valence-electron chi connectivity index (χ4n) is 2.86. The van der Waals surface area contributed by atoms with Gasteiger partial charge in [0.15, 0.2) is 6.61 Å². The van der Waals surface area contributed by atoms with Gasteiger partial charge in [-0.25, -0.2) is 4.79 Å². The minimum Gasteiger partial charge on any atom is -0.480 e. The maximum absolute atomic E-state index is 11.9. The number of pyridine rings is 1. The first kappa shape index (κ1) is 21.6. The van der Waals surface area contributed by atoms with E-state index in [2.05, 4.69) is 10.3 Å². The summed E-state index contributed by atoms with van der Waals surface area (Å²) in [6, 6.07) is 15.1. The topological polar surface area (TPSA) is 77.5 Å². The summed E-state index contributed by atoms with van der Waals surface area (Å²) in [7, 11) is 0. The quantitative estimate of drug-likeness (QED) is 0.415. The first-order valence-electron chi connectivity index (χ1n) is 9.67. The summed E-state index contributed by atoms with van der Waals surface area (Å²) < 4.78 is 10.6. The number of carbonyl (C=O) groups excluding carboxylic acids is 2. The second kappa shape index (κ2) is 10.6. The van der Waals surface area contributed by atoms with E-state index in [1.807, 2.05) is 37.3 Å². The molecule has 1 amide bonds. The lowest BCUT2D eigenvalue weighted by Gasteiger charge is -2.10. The normalized spacial score (nSPS) is 10.6. The number of benzene rings is 2. The molecule has 0 atom stereocenters. The van der Waals surface area contributed by atoms with Gasteiger partial charge < -0.3 is 14.8 Å². The van der Waals surface area contributed by atoms with Crippen molar-refractivity contribution in [1.82, 2.24) is 10.3 Å². The van der Waals surface area contributed by atoms with Gasteiger partial charge in [0, 0.05) is 18.0 Å². The zero-order valence-corrected chi connectivity index (χ0v) is 17.4. The molecule has 0 aliphatic heterocycles. The number of fused-ring (bicyclic) bond motifs is 1. The molecule has 3 rings (SSSR count). The number of carbonyl (C=O) groups is 2. The number of hydrogen-bond donors (Lipinski definition) is 1. The van der Waals surface area contributed by atoms with E-state index in [4.69, 9.17) is 21.1 Å². The van der Waals surface area contributed by atoms with Gasteiger partial charge >= 0.3 is 5.97 Å². The summed E-state index contributed by atoms with van der Waals surface area (Å²) in [6.07, 6.45) is 2.69. The number of rotatable bonds is 9. The van der Waals surface area contributed by atoms with Crippen LogP contribution < -0.4 is 10.1 Å². The fourth-order valence-corrected chi connectivity index (χ4v) is 3.08. The van der Waals surface area contributed by atoms with Crippen LogP contribution in [0.1, 0.15) is 17.5 Å². The molecule has 156 valence electrons. The molecule has 0 saturated carbocycles. The second-order valence-corrected chi connectivity index (χ2v) is 7.20. The first-order chi connectivity index (χ1) is 14.5. The van der Waals surface area contributed by atoms with Crippen LogP contribution in [0.15, 0.2) is 54.7 Å². The number of aryl methyl sites for hydroxylation is 2. The third-order valence-corrected chi connectivity index (χ3v) is 4.80. The summed E-state index contributed by atoms with van der Waals surface area (Å²) in [5.41, 5.74) is 2.89. The number of nitrogens with one attached hydrogen (secondary N) is 1. The number of nitrogens with zero attached hydrogens (tertiary/aromatic N) is 1. The average molecular weight is 427 g/mol. The molecule has 7 heteroatoms. The molecule has 0 fully saturated rings. The van der Waals surface area contributed by atoms with Crippen LogP contribution in [0.3, 0.4) is 0 Å². The SMILES string of the molecule is Cc1ccc(CCC(=O)NCCOC(=O)COc2ccc(Cl)c3cccnc23)cc1. The number of ether oxygens (including phenoxy) is 2. The molecule has 3 aromatic rings. The van der Waals surface area contributed by atoms with E-state index in [1.54, 1.807) is 24.4 Å². The van der Waals surface area contributed by atoms with Gasteiger partial charge in [-0.2, -0.15) is 0 Å². The molecule has 0 unspecified atom stereocenters. The smallest absolute Gasteiger partial charge is 0.344 e. The highest BCUT2D eigenvalue weighted by atomic mass is 35.5. The highest BCUT2D eigenvalue weighted by molar-refractivity contribution is 6.35. The van der Waals surface area contributed by atoms with Crippen LogP contribution in [0.25, 0.3) is 10.9 Å². The minimum atomic E-state index is -0.525. The maximum atomic E-state index is 11.9. The molecule has 2 aromatic carbocycles. The van der Waals surface area contributed by atoms with Crippen molar-refractivity contribution in [3.8, 4) is 5.75 Å². The molecular weight excluding hydrogens is 404 g/mol. The summed E-state index contributed by atoms with van der Waals surface area (Å²) >= 11 is 6.14. The van der Waals surface area contributed by atoms with Crippen molar-refractivity contribution >= 4 is 34.4 Å². The van der Waals surface area contributed by atoms with Gasteiger partial charge in [0.2, 0.25) is 5.91 Å². The third kappa shape index (κ3) is 6.19. The molecule has 0 spiro atoms. The first-order valence-corrected chi connectivity index (χ1v) is 10.0. The Kier molecular flexibility index (Phi) is 7.63. The number of esters is 1. The van der Waals surface area contributed by atoms with E-state index >= 15 is 0 Å². The van der Waals surface area contributed by atoms with Crippen molar-refractivity contribution in [1.29, 1.82) is 0 Å². The Hall–Kier alpha value is -3.12. The Morgan fingerprint density at radius 1 is 1.10 bits per heavy atom. The van der Waals surface area contributed by atoms with Crippen LogP contribution in [0, 0.1) is 6.92 Å². The van der Waals surface area contributed by atoms with Crippen molar-refractivity contribution in [2.24, 2.45) is 0 Å². The Labute approximate surface area is 180 Å². The van der Waals surface area contributed by atoms with Crippen molar-refractivity contribution in [2.75, 3.05) is 19.8 Å². The maximum Gasteiger partial charge on any atom is 0.344 e. The summed E-state index contributed by atoms with van der Waals surface area (Å²) in [4.78, 5) is 28.0. The van der Waals surface area contributed by atoms with E-state index in [0.29, 0.717) is 29.1 Å². The van der Waals surface area contributed by atoms with Gasteiger partial charge in [-0.15, -0.1) is 0 Å². The van der Waals surface area contributed by atoms with Gasteiger partial charge in [-0.1, -0.05) is 41.4 Å². The molecule has 0 saturated heterocycles. The molecule has 30 heavy (non-hydrogen) atoms.